The number of hydrogen-bond acceptors (Lipinski definition) is 0. The predicted octanol–water partition coefficient (Wildman–Crippen LogP) is 4.09. The van der Waals surface area contributed by atoms with Gasteiger partial charge in [0.05, 0.1) is 0 Å². The predicted molar refractivity (Wildman–Crippen MR) is 55.1 cm³/mol. The zero-order valence-electron chi connectivity index (χ0n) is 8.34. The lowest BCUT2D eigenvalue weighted by Crippen LogP contribution is -2.05. The van der Waals surface area contributed by atoms with Gasteiger partial charge in [0.25, 0.3) is 0 Å². The number of allylic oxidation sites excluding steroid dienone is 4. The van der Waals surface area contributed by atoms with Crippen molar-refractivity contribution in [1.29, 1.82) is 0 Å². The van der Waals surface area contributed by atoms with Gasteiger partial charge >= 0.3 is 0 Å². The molecule has 0 heteroatoms. The molecule has 0 aromatic heterocycles. The van der Waals surface area contributed by atoms with Crippen molar-refractivity contribution in [3.8, 4) is 0 Å². The van der Waals surface area contributed by atoms with Crippen molar-refractivity contribution in [2.24, 2.45) is 5.92 Å². The van der Waals surface area contributed by atoms with Crippen LogP contribution < -0.4 is 0 Å². The molecule has 0 amide bonds. The largest absolute Gasteiger partial charge is 0.0839 e. The summed E-state index contributed by atoms with van der Waals surface area (Å²) in [7, 11) is 0. The maximum Gasteiger partial charge on any atom is -0.0166 e. The van der Waals surface area contributed by atoms with E-state index in [4.69, 9.17) is 0 Å². The SMILES string of the molecule is CCCC1=CC=CCC1CCC. The molecule has 0 saturated heterocycles. The van der Waals surface area contributed by atoms with E-state index in [-0.39, 0.29) is 0 Å². The van der Waals surface area contributed by atoms with Gasteiger partial charge in [-0.2, -0.15) is 0 Å². The van der Waals surface area contributed by atoms with Gasteiger partial charge in [0.1, 0.15) is 0 Å². The second kappa shape index (κ2) is 5.18. The Labute approximate surface area is 76.4 Å². The highest BCUT2D eigenvalue weighted by Gasteiger charge is 2.12. The molecular formula is C12H20. The molecule has 0 saturated carbocycles. The third kappa shape index (κ3) is 2.51. The molecule has 0 radical (unpaired) electrons. The van der Waals surface area contributed by atoms with Gasteiger partial charge in [-0.3, -0.25) is 0 Å². The molecule has 0 fully saturated rings. The van der Waals surface area contributed by atoms with Crippen molar-refractivity contribution in [3.63, 3.8) is 0 Å². The van der Waals surface area contributed by atoms with E-state index < -0.39 is 0 Å². The molecule has 0 heterocycles. The van der Waals surface area contributed by atoms with E-state index in [2.05, 4.69) is 32.1 Å². The molecule has 1 rings (SSSR count). The van der Waals surface area contributed by atoms with E-state index in [0.717, 1.165) is 5.92 Å². The average molecular weight is 164 g/mol. The standard InChI is InChI=1S/C12H20/c1-3-7-11-9-5-6-10-12(11)8-4-2/h5-6,9,12H,3-4,7-8,10H2,1-2H3. The minimum atomic E-state index is 0.861. The minimum Gasteiger partial charge on any atom is -0.0839 e. The van der Waals surface area contributed by atoms with Gasteiger partial charge in [-0.05, 0) is 25.2 Å². The molecule has 0 aromatic rings. The molecule has 0 N–H and O–H groups in total. The Balaban J connectivity index is 2.50. The minimum absolute atomic E-state index is 0.861. The first-order chi connectivity index (χ1) is 5.88. The molecule has 0 aromatic carbocycles. The summed E-state index contributed by atoms with van der Waals surface area (Å²) in [6.45, 7) is 4.55. The summed E-state index contributed by atoms with van der Waals surface area (Å²) in [4.78, 5) is 0. The van der Waals surface area contributed by atoms with Crippen molar-refractivity contribution in [1.82, 2.24) is 0 Å². The van der Waals surface area contributed by atoms with E-state index in [1.54, 1.807) is 5.57 Å². The Hall–Kier alpha value is -0.520. The molecule has 1 aliphatic rings. The Bertz CT molecular complexity index is 174. The molecule has 0 spiro atoms. The van der Waals surface area contributed by atoms with Gasteiger partial charge in [0.15, 0.2) is 0 Å². The van der Waals surface area contributed by atoms with E-state index in [1.165, 1.54) is 32.1 Å². The van der Waals surface area contributed by atoms with Crippen LogP contribution in [0.1, 0.15) is 46.0 Å². The summed E-state index contributed by atoms with van der Waals surface area (Å²) in [5.74, 6) is 0.861. The first kappa shape index (κ1) is 9.57. The topological polar surface area (TPSA) is 0 Å². The third-order valence-electron chi connectivity index (χ3n) is 2.57. The fourth-order valence-electron chi connectivity index (χ4n) is 1.95. The quantitative estimate of drug-likeness (QED) is 0.587. The Morgan fingerprint density at radius 3 is 2.83 bits per heavy atom. The highest BCUT2D eigenvalue weighted by Crippen LogP contribution is 2.27. The molecule has 1 aliphatic carbocycles. The third-order valence-corrected chi connectivity index (χ3v) is 2.57. The Kier molecular flexibility index (Phi) is 4.13. The second-order valence-corrected chi connectivity index (χ2v) is 3.64. The van der Waals surface area contributed by atoms with E-state index in [1.807, 2.05) is 0 Å². The van der Waals surface area contributed by atoms with Gasteiger partial charge in [-0.15, -0.1) is 0 Å². The zero-order chi connectivity index (χ0) is 8.81. The van der Waals surface area contributed by atoms with Crippen LogP contribution >= 0.6 is 0 Å². The summed E-state index contributed by atoms with van der Waals surface area (Å²) >= 11 is 0. The van der Waals surface area contributed by atoms with Crippen LogP contribution in [0.15, 0.2) is 23.8 Å². The van der Waals surface area contributed by atoms with Crippen LogP contribution in [0.4, 0.5) is 0 Å². The summed E-state index contributed by atoms with van der Waals surface area (Å²) in [6, 6.07) is 0. The molecule has 1 unspecified atom stereocenters. The number of rotatable bonds is 4. The van der Waals surface area contributed by atoms with Crippen molar-refractivity contribution < 1.29 is 0 Å². The maximum atomic E-state index is 2.33. The lowest BCUT2D eigenvalue weighted by atomic mass is 9.85. The fraction of sp³-hybridized carbons (Fsp3) is 0.667. The van der Waals surface area contributed by atoms with E-state index >= 15 is 0 Å². The normalized spacial score (nSPS) is 22.5. The molecule has 0 nitrogen and oxygen atoms in total. The smallest absolute Gasteiger partial charge is 0.0166 e. The maximum absolute atomic E-state index is 2.33. The Morgan fingerprint density at radius 1 is 1.33 bits per heavy atom. The second-order valence-electron chi connectivity index (χ2n) is 3.64. The summed E-state index contributed by atoms with van der Waals surface area (Å²) in [5.41, 5.74) is 1.68. The summed E-state index contributed by atoms with van der Waals surface area (Å²) in [6.07, 6.45) is 13.4. The monoisotopic (exact) mass is 164 g/mol. The molecule has 0 aliphatic heterocycles. The van der Waals surface area contributed by atoms with Crippen LogP contribution in [0.3, 0.4) is 0 Å². The molecule has 68 valence electrons. The van der Waals surface area contributed by atoms with Crippen LogP contribution in [0, 0.1) is 5.92 Å². The van der Waals surface area contributed by atoms with Crippen LogP contribution in [-0.2, 0) is 0 Å². The van der Waals surface area contributed by atoms with Crippen LogP contribution in [-0.4, -0.2) is 0 Å². The van der Waals surface area contributed by atoms with Gasteiger partial charge in [0.2, 0.25) is 0 Å². The summed E-state index contributed by atoms with van der Waals surface area (Å²) < 4.78 is 0. The first-order valence-corrected chi connectivity index (χ1v) is 5.24. The lowest BCUT2D eigenvalue weighted by Gasteiger charge is -2.20. The van der Waals surface area contributed by atoms with E-state index in [0.29, 0.717) is 0 Å². The molecule has 0 bridgehead atoms. The zero-order valence-corrected chi connectivity index (χ0v) is 8.34. The van der Waals surface area contributed by atoms with Gasteiger partial charge in [-0.1, -0.05) is 50.5 Å². The molecular weight excluding hydrogens is 144 g/mol. The highest BCUT2D eigenvalue weighted by molar-refractivity contribution is 5.20. The lowest BCUT2D eigenvalue weighted by molar-refractivity contribution is 0.531. The van der Waals surface area contributed by atoms with Crippen LogP contribution in [0.5, 0.6) is 0 Å². The van der Waals surface area contributed by atoms with Crippen molar-refractivity contribution in [3.05, 3.63) is 23.8 Å². The molecule has 1 atom stereocenters. The van der Waals surface area contributed by atoms with Gasteiger partial charge < -0.3 is 0 Å². The highest BCUT2D eigenvalue weighted by atomic mass is 14.2. The molecule has 12 heavy (non-hydrogen) atoms. The first-order valence-electron chi connectivity index (χ1n) is 5.24. The van der Waals surface area contributed by atoms with Crippen molar-refractivity contribution in [2.75, 3.05) is 0 Å². The van der Waals surface area contributed by atoms with Crippen molar-refractivity contribution >= 4 is 0 Å². The van der Waals surface area contributed by atoms with E-state index in [9.17, 15) is 0 Å². The fourth-order valence-corrected chi connectivity index (χ4v) is 1.95. The Morgan fingerprint density at radius 2 is 2.17 bits per heavy atom. The van der Waals surface area contributed by atoms with Crippen LogP contribution in [0.2, 0.25) is 0 Å². The number of hydrogen-bond donors (Lipinski definition) is 0. The van der Waals surface area contributed by atoms with Gasteiger partial charge in [-0.25, -0.2) is 0 Å². The van der Waals surface area contributed by atoms with Crippen LogP contribution in [0.25, 0.3) is 0 Å². The van der Waals surface area contributed by atoms with Gasteiger partial charge in [0, 0.05) is 0 Å². The summed E-state index contributed by atoms with van der Waals surface area (Å²) in [5, 5.41) is 0. The average Bonchev–Trinajstić information content (AvgIpc) is 2.09. The van der Waals surface area contributed by atoms with Crippen molar-refractivity contribution in [2.45, 2.75) is 46.0 Å².